The molecular weight excluding hydrogens is 221 g/mol. The first kappa shape index (κ1) is 11.7. The monoisotopic (exact) mass is 235 g/mol. The minimum atomic E-state index is -0.350. The minimum Gasteiger partial charge on any atom is -0.399 e. The van der Waals surface area contributed by atoms with E-state index in [0.717, 1.165) is 4.78 Å². The molecule has 1 aliphatic heterocycles. The van der Waals surface area contributed by atoms with E-state index in [1.807, 2.05) is 39.1 Å². The fourth-order valence-corrected chi connectivity index (χ4v) is 2.28. The molecule has 0 atom stereocenters. The molecule has 1 fully saturated rings. The topological polar surface area (TPSA) is 42.2 Å². The molecule has 1 aromatic rings. The molecule has 0 saturated carbocycles. The van der Waals surface area contributed by atoms with Crippen LogP contribution >= 0.6 is 11.3 Å². The second-order valence-electron chi connectivity index (χ2n) is 4.94. The van der Waals surface area contributed by atoms with Crippen LogP contribution in [0.2, 0.25) is 0 Å². The van der Waals surface area contributed by atoms with Gasteiger partial charge in [-0.25, -0.2) is 0 Å². The second-order valence-corrected chi connectivity index (χ2v) is 5.88. The standard InChI is InChI=1S/C11H14BNO2S/c1-10(2)11(3,4)15-12(14-10)9-5-8(6-13)7-16-9/h5,7H,1-4H3. The van der Waals surface area contributed by atoms with Gasteiger partial charge in [0.2, 0.25) is 0 Å². The molecule has 0 bridgehead atoms. The van der Waals surface area contributed by atoms with Crippen LogP contribution in [-0.4, -0.2) is 18.3 Å². The van der Waals surface area contributed by atoms with Crippen LogP contribution in [0.25, 0.3) is 0 Å². The Morgan fingerprint density at radius 2 is 1.81 bits per heavy atom. The zero-order valence-corrected chi connectivity index (χ0v) is 10.7. The molecule has 2 rings (SSSR count). The van der Waals surface area contributed by atoms with Crippen molar-refractivity contribution in [2.24, 2.45) is 0 Å². The number of rotatable bonds is 1. The van der Waals surface area contributed by atoms with E-state index in [1.54, 1.807) is 0 Å². The summed E-state index contributed by atoms with van der Waals surface area (Å²) in [5.74, 6) is 0. The molecule has 3 nitrogen and oxygen atoms in total. The van der Waals surface area contributed by atoms with E-state index in [2.05, 4.69) is 6.07 Å². The van der Waals surface area contributed by atoms with Gasteiger partial charge in [0.25, 0.3) is 0 Å². The van der Waals surface area contributed by atoms with Crippen LogP contribution in [0.3, 0.4) is 0 Å². The summed E-state index contributed by atoms with van der Waals surface area (Å²) in [6.45, 7) is 8.08. The predicted molar refractivity (Wildman–Crippen MR) is 64.8 cm³/mol. The molecule has 2 heterocycles. The van der Waals surface area contributed by atoms with Gasteiger partial charge in [-0.2, -0.15) is 16.6 Å². The smallest absolute Gasteiger partial charge is 0.399 e. The molecule has 1 aromatic heterocycles. The van der Waals surface area contributed by atoms with Crippen molar-refractivity contribution < 1.29 is 9.31 Å². The number of hydrogen-bond donors (Lipinski definition) is 0. The van der Waals surface area contributed by atoms with Gasteiger partial charge in [0.15, 0.2) is 0 Å². The molecular formula is C11H14BNO2S. The Kier molecular flexibility index (Phi) is 2.62. The Hall–Kier alpha value is -0.825. The first-order chi connectivity index (χ1) is 7.36. The molecule has 0 radical (unpaired) electrons. The first-order valence-corrected chi connectivity index (χ1v) is 6.08. The van der Waals surface area contributed by atoms with Crippen LogP contribution in [0.4, 0.5) is 0 Å². The number of thiophene rings is 1. The lowest BCUT2D eigenvalue weighted by Crippen LogP contribution is -2.41. The summed E-state index contributed by atoms with van der Waals surface area (Å²) >= 11 is 1.50. The zero-order chi connectivity index (χ0) is 12.0. The SMILES string of the molecule is CC1(C)OB(c2cc(C#N)cs2)OC1(C)C. The van der Waals surface area contributed by atoms with E-state index in [4.69, 9.17) is 14.6 Å². The van der Waals surface area contributed by atoms with E-state index in [1.165, 1.54) is 11.3 Å². The van der Waals surface area contributed by atoms with Crippen molar-refractivity contribution in [3.63, 3.8) is 0 Å². The van der Waals surface area contributed by atoms with Gasteiger partial charge < -0.3 is 9.31 Å². The average molecular weight is 235 g/mol. The summed E-state index contributed by atoms with van der Waals surface area (Å²) in [4.78, 5) is 0. The van der Waals surface area contributed by atoms with Crippen molar-refractivity contribution in [1.29, 1.82) is 5.26 Å². The fraction of sp³-hybridized carbons (Fsp3) is 0.545. The normalized spacial score (nSPS) is 22.1. The third-order valence-electron chi connectivity index (χ3n) is 3.23. The van der Waals surface area contributed by atoms with Crippen molar-refractivity contribution >= 4 is 23.2 Å². The van der Waals surface area contributed by atoms with Gasteiger partial charge in [-0.05, 0) is 33.8 Å². The summed E-state index contributed by atoms with van der Waals surface area (Å²) < 4.78 is 12.7. The van der Waals surface area contributed by atoms with Gasteiger partial charge >= 0.3 is 7.12 Å². The molecule has 0 aliphatic carbocycles. The van der Waals surface area contributed by atoms with Crippen LogP contribution in [0.5, 0.6) is 0 Å². The van der Waals surface area contributed by atoms with Gasteiger partial charge in [0.1, 0.15) is 0 Å². The third kappa shape index (κ3) is 1.77. The third-order valence-corrected chi connectivity index (χ3v) is 4.19. The molecule has 84 valence electrons. The summed E-state index contributed by atoms with van der Waals surface area (Å²) in [5, 5.41) is 10.6. The van der Waals surface area contributed by atoms with Crippen molar-refractivity contribution in [3.05, 3.63) is 17.0 Å². The van der Waals surface area contributed by atoms with Crippen LogP contribution < -0.4 is 4.78 Å². The Balaban J connectivity index is 2.24. The Labute approximate surface area is 100 Å². The van der Waals surface area contributed by atoms with Crippen LogP contribution in [0.15, 0.2) is 11.4 Å². The van der Waals surface area contributed by atoms with E-state index in [9.17, 15) is 0 Å². The highest BCUT2D eigenvalue weighted by Crippen LogP contribution is 2.36. The maximum Gasteiger partial charge on any atom is 0.505 e. The molecule has 0 spiro atoms. The molecule has 1 saturated heterocycles. The van der Waals surface area contributed by atoms with E-state index < -0.39 is 0 Å². The zero-order valence-electron chi connectivity index (χ0n) is 9.90. The van der Waals surface area contributed by atoms with Crippen molar-refractivity contribution in [3.8, 4) is 6.07 Å². The average Bonchev–Trinajstić information content (AvgIpc) is 2.70. The summed E-state index contributed by atoms with van der Waals surface area (Å²) in [5.41, 5.74) is 0.0119. The maximum atomic E-state index is 8.77. The maximum absolute atomic E-state index is 8.77. The van der Waals surface area contributed by atoms with Gasteiger partial charge in [-0.1, -0.05) is 0 Å². The van der Waals surface area contributed by atoms with E-state index in [0.29, 0.717) is 5.56 Å². The Bertz CT molecular complexity index is 431. The summed E-state index contributed by atoms with van der Waals surface area (Å²) in [7, 11) is -0.350. The molecule has 0 aromatic carbocycles. The fourth-order valence-electron chi connectivity index (χ4n) is 1.49. The van der Waals surface area contributed by atoms with Crippen molar-refractivity contribution in [2.75, 3.05) is 0 Å². The predicted octanol–water partition coefficient (Wildman–Crippen LogP) is 1.92. The lowest BCUT2D eigenvalue weighted by molar-refractivity contribution is 0.00578. The van der Waals surface area contributed by atoms with Crippen molar-refractivity contribution in [2.45, 2.75) is 38.9 Å². The lowest BCUT2D eigenvalue weighted by Gasteiger charge is -2.32. The second kappa shape index (κ2) is 3.59. The molecule has 0 amide bonds. The molecule has 5 heteroatoms. The minimum absolute atomic E-state index is 0.325. The summed E-state index contributed by atoms with van der Waals surface area (Å²) in [6.07, 6.45) is 0. The number of hydrogen-bond acceptors (Lipinski definition) is 4. The summed E-state index contributed by atoms with van der Waals surface area (Å²) in [6, 6.07) is 3.94. The van der Waals surface area contributed by atoms with Crippen LogP contribution in [-0.2, 0) is 9.31 Å². The highest BCUT2D eigenvalue weighted by atomic mass is 32.1. The van der Waals surface area contributed by atoms with Crippen LogP contribution in [0, 0.1) is 11.3 Å². The molecule has 16 heavy (non-hydrogen) atoms. The highest BCUT2D eigenvalue weighted by molar-refractivity contribution is 7.21. The quantitative estimate of drug-likeness (QED) is 0.698. The van der Waals surface area contributed by atoms with E-state index >= 15 is 0 Å². The van der Waals surface area contributed by atoms with Gasteiger partial charge in [-0.15, -0.1) is 0 Å². The number of nitriles is 1. The highest BCUT2D eigenvalue weighted by Gasteiger charge is 2.52. The Morgan fingerprint density at radius 1 is 1.25 bits per heavy atom. The van der Waals surface area contributed by atoms with Gasteiger partial charge in [0.05, 0.1) is 22.8 Å². The van der Waals surface area contributed by atoms with Gasteiger partial charge in [-0.3, -0.25) is 0 Å². The van der Waals surface area contributed by atoms with Crippen LogP contribution in [0.1, 0.15) is 33.3 Å². The molecule has 0 unspecified atom stereocenters. The number of nitrogens with zero attached hydrogens (tertiary/aromatic N) is 1. The van der Waals surface area contributed by atoms with Crippen molar-refractivity contribution in [1.82, 2.24) is 0 Å². The largest absolute Gasteiger partial charge is 0.505 e. The van der Waals surface area contributed by atoms with E-state index in [-0.39, 0.29) is 18.3 Å². The molecule has 1 aliphatic rings. The lowest BCUT2D eigenvalue weighted by atomic mass is 9.87. The van der Waals surface area contributed by atoms with Gasteiger partial charge in [0, 0.05) is 10.2 Å². The Morgan fingerprint density at radius 3 is 2.25 bits per heavy atom. The molecule has 0 N–H and O–H groups in total. The first-order valence-electron chi connectivity index (χ1n) is 5.20.